The van der Waals surface area contributed by atoms with E-state index in [1.807, 2.05) is 17.5 Å². The summed E-state index contributed by atoms with van der Waals surface area (Å²) in [5.74, 6) is -0.842. The van der Waals surface area contributed by atoms with Crippen LogP contribution in [-0.2, 0) is 41.7 Å². The first kappa shape index (κ1) is 25.8. The SMILES string of the molecule is COc1ccc(COC(=O)C2=C(C(C)OC(C)=O)CS[C@@H]3[C@@H](NC(=O)Cc4cccs4)C(=O)N23)cc1. The molecule has 2 aliphatic heterocycles. The number of fused-ring (bicyclic) bond motifs is 1. The number of methoxy groups -OCH3 is 1. The molecule has 3 atom stereocenters. The molecule has 0 spiro atoms. The van der Waals surface area contributed by atoms with E-state index in [1.165, 1.54) is 34.9 Å². The van der Waals surface area contributed by atoms with Gasteiger partial charge >= 0.3 is 11.9 Å². The lowest BCUT2D eigenvalue weighted by atomic mass is 10.0. The fourth-order valence-electron chi connectivity index (χ4n) is 4.00. The highest BCUT2D eigenvalue weighted by Gasteiger charge is 2.55. The minimum Gasteiger partial charge on any atom is -0.497 e. The highest BCUT2D eigenvalue weighted by molar-refractivity contribution is 8.00. The van der Waals surface area contributed by atoms with Crippen LogP contribution in [0.4, 0.5) is 0 Å². The Balaban J connectivity index is 1.50. The molecule has 1 saturated heterocycles. The molecule has 3 heterocycles. The van der Waals surface area contributed by atoms with Crippen molar-refractivity contribution in [1.82, 2.24) is 10.2 Å². The largest absolute Gasteiger partial charge is 0.497 e. The van der Waals surface area contributed by atoms with Gasteiger partial charge in [0.05, 0.1) is 13.5 Å². The van der Waals surface area contributed by atoms with Crippen LogP contribution in [-0.4, -0.2) is 59.0 Å². The van der Waals surface area contributed by atoms with E-state index in [4.69, 9.17) is 14.2 Å². The monoisotopic (exact) mass is 530 g/mol. The normalized spacial score (nSPS) is 19.6. The van der Waals surface area contributed by atoms with Gasteiger partial charge in [0.25, 0.3) is 5.91 Å². The Labute approximate surface area is 216 Å². The van der Waals surface area contributed by atoms with E-state index in [0.717, 1.165) is 10.4 Å². The molecular formula is C25H26N2O7S2. The molecule has 0 bridgehead atoms. The predicted octanol–water partition coefficient (Wildman–Crippen LogP) is 2.65. The fourth-order valence-corrected chi connectivity index (χ4v) is 6.16. The van der Waals surface area contributed by atoms with Crippen molar-refractivity contribution < 1.29 is 33.4 Å². The first-order valence-corrected chi connectivity index (χ1v) is 13.2. The van der Waals surface area contributed by atoms with E-state index in [0.29, 0.717) is 17.1 Å². The molecule has 190 valence electrons. The molecule has 4 rings (SSSR count). The summed E-state index contributed by atoms with van der Waals surface area (Å²) in [6.07, 6.45) is -0.542. The number of rotatable bonds is 9. The van der Waals surface area contributed by atoms with Gasteiger partial charge in [-0.3, -0.25) is 19.3 Å². The van der Waals surface area contributed by atoms with Crippen LogP contribution in [0.1, 0.15) is 24.3 Å². The number of benzene rings is 1. The van der Waals surface area contributed by atoms with Gasteiger partial charge in [0.15, 0.2) is 0 Å². The van der Waals surface area contributed by atoms with Crippen LogP contribution < -0.4 is 10.1 Å². The standard InChI is InChI=1S/C25H26N2O7S2/c1-14(34-15(2)28)19-13-36-24-21(26-20(29)11-18-5-4-10-35-18)23(30)27(24)22(19)25(31)33-12-16-6-8-17(32-3)9-7-16/h4-10,14,21,24H,11-13H2,1-3H3,(H,26,29)/t14?,21-,24+/m0/s1. The number of hydrogen-bond donors (Lipinski definition) is 1. The summed E-state index contributed by atoms with van der Waals surface area (Å²) < 4.78 is 16.0. The van der Waals surface area contributed by atoms with Gasteiger partial charge in [-0.25, -0.2) is 4.79 Å². The molecule has 2 aliphatic rings. The topological polar surface area (TPSA) is 111 Å². The van der Waals surface area contributed by atoms with Crippen molar-refractivity contribution in [2.24, 2.45) is 0 Å². The molecule has 1 aromatic heterocycles. The summed E-state index contributed by atoms with van der Waals surface area (Å²) in [5.41, 5.74) is 1.30. The minimum absolute atomic E-state index is 0.0115. The molecule has 0 radical (unpaired) electrons. The number of carbonyl (C=O) groups is 4. The van der Waals surface area contributed by atoms with E-state index in [1.54, 1.807) is 38.3 Å². The van der Waals surface area contributed by atoms with Gasteiger partial charge in [0, 0.05) is 23.1 Å². The number of esters is 2. The molecule has 36 heavy (non-hydrogen) atoms. The molecule has 1 unspecified atom stereocenters. The molecule has 0 saturated carbocycles. The summed E-state index contributed by atoms with van der Waals surface area (Å²) in [5, 5.41) is 4.22. The Morgan fingerprint density at radius 1 is 1.19 bits per heavy atom. The van der Waals surface area contributed by atoms with Gasteiger partial charge in [-0.15, -0.1) is 23.1 Å². The van der Waals surface area contributed by atoms with Crippen LogP contribution >= 0.6 is 23.1 Å². The molecule has 9 nitrogen and oxygen atoms in total. The Morgan fingerprint density at radius 2 is 1.94 bits per heavy atom. The number of amides is 2. The number of hydrogen-bond acceptors (Lipinski definition) is 9. The van der Waals surface area contributed by atoms with Gasteiger partial charge < -0.3 is 19.5 Å². The number of ether oxygens (including phenoxy) is 3. The third-order valence-corrected chi connectivity index (χ3v) is 7.96. The Bertz CT molecular complexity index is 1180. The molecule has 1 N–H and O–H groups in total. The summed E-state index contributed by atoms with van der Waals surface area (Å²) >= 11 is 2.87. The molecule has 1 aromatic carbocycles. The predicted molar refractivity (Wildman–Crippen MR) is 134 cm³/mol. The van der Waals surface area contributed by atoms with Crippen molar-refractivity contribution in [2.45, 2.75) is 44.4 Å². The molecule has 2 amide bonds. The van der Waals surface area contributed by atoms with E-state index in [-0.39, 0.29) is 24.6 Å². The van der Waals surface area contributed by atoms with Crippen LogP contribution in [0.2, 0.25) is 0 Å². The molecule has 1 fully saturated rings. The minimum atomic E-state index is -0.752. The molecule has 0 aliphatic carbocycles. The number of thiophene rings is 1. The van der Waals surface area contributed by atoms with E-state index in [2.05, 4.69) is 5.32 Å². The Morgan fingerprint density at radius 3 is 2.58 bits per heavy atom. The van der Waals surface area contributed by atoms with Crippen LogP contribution in [0.3, 0.4) is 0 Å². The van der Waals surface area contributed by atoms with E-state index in [9.17, 15) is 19.2 Å². The zero-order chi connectivity index (χ0) is 25.8. The van der Waals surface area contributed by atoms with Crippen LogP contribution in [0.5, 0.6) is 5.75 Å². The summed E-state index contributed by atoms with van der Waals surface area (Å²) in [7, 11) is 1.56. The summed E-state index contributed by atoms with van der Waals surface area (Å²) in [6.45, 7) is 2.92. The second-order valence-corrected chi connectivity index (χ2v) is 10.4. The van der Waals surface area contributed by atoms with Crippen LogP contribution in [0.25, 0.3) is 0 Å². The van der Waals surface area contributed by atoms with Crippen LogP contribution in [0, 0.1) is 0 Å². The van der Waals surface area contributed by atoms with Crippen molar-refractivity contribution in [3.05, 3.63) is 63.5 Å². The van der Waals surface area contributed by atoms with Crippen molar-refractivity contribution in [1.29, 1.82) is 0 Å². The summed E-state index contributed by atoms with van der Waals surface area (Å²) in [4.78, 5) is 52.6. The van der Waals surface area contributed by atoms with Crippen molar-refractivity contribution in [2.75, 3.05) is 12.9 Å². The average molecular weight is 531 g/mol. The number of nitrogens with zero attached hydrogens (tertiary/aromatic N) is 1. The third kappa shape index (κ3) is 5.57. The molecule has 2 aromatic rings. The fraction of sp³-hybridized carbons (Fsp3) is 0.360. The maximum Gasteiger partial charge on any atom is 0.355 e. The lowest BCUT2D eigenvalue weighted by molar-refractivity contribution is -0.154. The maximum absolute atomic E-state index is 13.2. The van der Waals surface area contributed by atoms with Crippen molar-refractivity contribution >= 4 is 46.9 Å². The quantitative estimate of drug-likeness (QED) is 0.389. The zero-order valence-electron chi connectivity index (χ0n) is 20.0. The first-order chi connectivity index (χ1) is 17.3. The molecule has 11 heteroatoms. The smallest absolute Gasteiger partial charge is 0.355 e. The van der Waals surface area contributed by atoms with E-state index >= 15 is 0 Å². The van der Waals surface area contributed by atoms with Crippen molar-refractivity contribution in [3.8, 4) is 5.75 Å². The lowest BCUT2D eigenvalue weighted by Crippen LogP contribution is -2.71. The van der Waals surface area contributed by atoms with E-state index < -0.39 is 35.4 Å². The molecular weight excluding hydrogens is 504 g/mol. The number of nitrogens with one attached hydrogen (secondary N) is 1. The Kier molecular flexibility index (Phi) is 8.00. The zero-order valence-corrected chi connectivity index (χ0v) is 21.6. The average Bonchev–Trinajstić information content (AvgIpc) is 3.37. The second-order valence-electron chi connectivity index (χ2n) is 8.26. The van der Waals surface area contributed by atoms with Crippen LogP contribution in [0.15, 0.2) is 53.0 Å². The Hall–Kier alpha value is -3.31. The van der Waals surface area contributed by atoms with Crippen molar-refractivity contribution in [3.63, 3.8) is 0 Å². The lowest BCUT2D eigenvalue weighted by Gasteiger charge is -2.50. The maximum atomic E-state index is 13.2. The first-order valence-electron chi connectivity index (χ1n) is 11.2. The number of β-lactam (4-membered cyclic amide) rings is 1. The van der Waals surface area contributed by atoms with Gasteiger partial charge in [-0.05, 0) is 36.1 Å². The second kappa shape index (κ2) is 11.2. The highest BCUT2D eigenvalue weighted by Crippen LogP contribution is 2.42. The number of thioether (sulfide) groups is 1. The number of carbonyl (C=O) groups excluding carboxylic acids is 4. The highest BCUT2D eigenvalue weighted by atomic mass is 32.2. The van der Waals surface area contributed by atoms with Gasteiger partial charge in [-0.2, -0.15) is 0 Å². The summed E-state index contributed by atoms with van der Waals surface area (Å²) in [6, 6.07) is 10.0. The van der Waals surface area contributed by atoms with Gasteiger partial charge in [-0.1, -0.05) is 18.2 Å². The van der Waals surface area contributed by atoms with Gasteiger partial charge in [0.2, 0.25) is 5.91 Å². The third-order valence-electron chi connectivity index (χ3n) is 5.78. The van der Waals surface area contributed by atoms with Gasteiger partial charge in [0.1, 0.15) is 35.6 Å².